The number of aromatic nitrogens is 2. The van der Waals surface area contributed by atoms with Gasteiger partial charge in [0.25, 0.3) is 0 Å². The lowest BCUT2D eigenvalue weighted by molar-refractivity contribution is 0.442. The molecule has 1 heterocycles. The van der Waals surface area contributed by atoms with Crippen LogP contribution in [0.1, 0.15) is 56.0 Å². The maximum Gasteiger partial charge on any atom is 0.156 e. The molecule has 1 saturated carbocycles. The Morgan fingerprint density at radius 1 is 1.44 bits per heavy atom. The van der Waals surface area contributed by atoms with Crippen LogP contribution in [-0.2, 0) is 6.42 Å². The van der Waals surface area contributed by atoms with E-state index in [2.05, 4.69) is 21.9 Å². The van der Waals surface area contributed by atoms with Gasteiger partial charge in [-0.3, -0.25) is 4.99 Å². The molecule has 100 valence electrons. The van der Waals surface area contributed by atoms with E-state index in [1.807, 2.05) is 0 Å². The lowest BCUT2D eigenvalue weighted by atomic mass is 9.96. The quantitative estimate of drug-likeness (QED) is 0.379. The second kappa shape index (κ2) is 6.80. The number of nitrogens with one attached hydrogen (secondary N) is 1. The molecule has 0 aliphatic heterocycles. The fourth-order valence-corrected chi connectivity index (χ4v) is 3.01. The maximum absolute atomic E-state index is 5.62. The van der Waals surface area contributed by atoms with E-state index < -0.39 is 0 Å². The van der Waals surface area contributed by atoms with Crippen LogP contribution in [0.5, 0.6) is 0 Å². The lowest BCUT2D eigenvalue weighted by Crippen LogP contribution is -2.33. The van der Waals surface area contributed by atoms with Crippen molar-refractivity contribution in [3.63, 3.8) is 0 Å². The average Bonchev–Trinajstić information content (AvgIpc) is 2.86. The van der Waals surface area contributed by atoms with Crippen LogP contribution in [0.25, 0.3) is 0 Å². The van der Waals surface area contributed by atoms with Gasteiger partial charge >= 0.3 is 0 Å². The van der Waals surface area contributed by atoms with E-state index in [0.29, 0.717) is 6.04 Å². The number of hydrogen-bond donors (Lipinski definition) is 2. The lowest BCUT2D eigenvalue weighted by Gasteiger charge is -2.18. The summed E-state index contributed by atoms with van der Waals surface area (Å²) in [6.07, 6.45) is 8.20. The molecule has 0 spiro atoms. The third-order valence-corrected chi connectivity index (χ3v) is 4.06. The topological polar surface area (TPSA) is 76.2 Å². The predicted molar refractivity (Wildman–Crippen MR) is 74.6 cm³/mol. The number of nitrogens with two attached hydrogens (primary N) is 1. The molecule has 0 radical (unpaired) electrons. The average molecular weight is 267 g/mol. The minimum Gasteiger partial charge on any atom is -0.307 e. The van der Waals surface area contributed by atoms with Crippen LogP contribution in [0.3, 0.4) is 0 Å². The molecule has 3 N–H and O–H groups in total. The summed E-state index contributed by atoms with van der Waals surface area (Å²) in [4.78, 5) is 5.75. The second-order valence-electron chi connectivity index (χ2n) is 4.71. The SMILES string of the molecule is CCCc1nnsc1C(=NC1CCCCC1)NN. The Kier molecular flexibility index (Phi) is 5.07. The van der Waals surface area contributed by atoms with E-state index in [4.69, 9.17) is 10.8 Å². The van der Waals surface area contributed by atoms with Crippen LogP contribution in [0, 0.1) is 0 Å². The van der Waals surface area contributed by atoms with Crippen molar-refractivity contribution in [3.05, 3.63) is 10.6 Å². The van der Waals surface area contributed by atoms with Gasteiger partial charge in [0.15, 0.2) is 5.84 Å². The predicted octanol–water partition coefficient (Wildman–Crippen LogP) is 2.03. The Hall–Kier alpha value is -1.01. The van der Waals surface area contributed by atoms with E-state index in [9.17, 15) is 0 Å². The Morgan fingerprint density at radius 3 is 2.89 bits per heavy atom. The molecular weight excluding hydrogens is 246 g/mol. The highest BCUT2D eigenvalue weighted by Gasteiger charge is 2.17. The van der Waals surface area contributed by atoms with Gasteiger partial charge in [0.05, 0.1) is 11.7 Å². The third kappa shape index (κ3) is 3.26. The van der Waals surface area contributed by atoms with Crippen LogP contribution in [0.4, 0.5) is 0 Å². The van der Waals surface area contributed by atoms with Gasteiger partial charge in [0.2, 0.25) is 0 Å². The molecule has 0 bridgehead atoms. The van der Waals surface area contributed by atoms with Crippen LogP contribution < -0.4 is 11.3 Å². The molecule has 18 heavy (non-hydrogen) atoms. The molecule has 0 unspecified atom stereocenters. The zero-order chi connectivity index (χ0) is 12.8. The van der Waals surface area contributed by atoms with Crippen molar-refractivity contribution >= 4 is 17.4 Å². The first-order chi connectivity index (χ1) is 8.85. The molecule has 5 nitrogen and oxygen atoms in total. The summed E-state index contributed by atoms with van der Waals surface area (Å²) in [6.45, 7) is 2.14. The Bertz CT molecular complexity index is 395. The monoisotopic (exact) mass is 267 g/mol. The van der Waals surface area contributed by atoms with Crippen molar-refractivity contribution in [3.8, 4) is 0 Å². The molecule has 1 aromatic heterocycles. The van der Waals surface area contributed by atoms with Crippen LogP contribution in [-0.4, -0.2) is 21.5 Å². The fraction of sp³-hybridized carbons (Fsp3) is 0.750. The number of aliphatic imine (C=N–C) groups is 1. The number of hydrogen-bond acceptors (Lipinski definition) is 5. The van der Waals surface area contributed by atoms with Gasteiger partial charge < -0.3 is 5.43 Å². The summed E-state index contributed by atoms with van der Waals surface area (Å²) < 4.78 is 4.02. The molecule has 6 heteroatoms. The van der Waals surface area contributed by atoms with E-state index in [1.54, 1.807) is 0 Å². The molecular formula is C12H21N5S. The zero-order valence-electron chi connectivity index (χ0n) is 10.9. The van der Waals surface area contributed by atoms with Crippen molar-refractivity contribution in [2.24, 2.45) is 10.8 Å². The highest BCUT2D eigenvalue weighted by molar-refractivity contribution is 7.08. The highest BCUT2D eigenvalue weighted by Crippen LogP contribution is 2.22. The molecule has 0 atom stereocenters. The van der Waals surface area contributed by atoms with E-state index in [1.165, 1.54) is 43.6 Å². The molecule has 1 fully saturated rings. The maximum atomic E-state index is 5.62. The van der Waals surface area contributed by atoms with Gasteiger partial charge in [-0.1, -0.05) is 37.1 Å². The van der Waals surface area contributed by atoms with Gasteiger partial charge in [-0.2, -0.15) is 0 Å². The van der Waals surface area contributed by atoms with Crippen LogP contribution in [0.15, 0.2) is 4.99 Å². The minimum absolute atomic E-state index is 0.404. The van der Waals surface area contributed by atoms with Crippen LogP contribution in [0.2, 0.25) is 0 Å². The first-order valence-electron chi connectivity index (χ1n) is 6.71. The van der Waals surface area contributed by atoms with Gasteiger partial charge in [0.1, 0.15) is 4.88 Å². The van der Waals surface area contributed by atoms with Gasteiger partial charge in [0, 0.05) is 0 Å². The van der Waals surface area contributed by atoms with Gasteiger partial charge in [-0.05, 0) is 30.8 Å². The molecule has 2 rings (SSSR count). The van der Waals surface area contributed by atoms with E-state index >= 15 is 0 Å². The van der Waals surface area contributed by atoms with Crippen molar-refractivity contribution < 1.29 is 0 Å². The Morgan fingerprint density at radius 2 is 2.22 bits per heavy atom. The summed E-state index contributed by atoms with van der Waals surface area (Å²) in [5, 5.41) is 4.16. The smallest absolute Gasteiger partial charge is 0.156 e. The molecule has 1 aliphatic rings. The number of hydrazine groups is 1. The number of amidine groups is 1. The highest BCUT2D eigenvalue weighted by atomic mass is 32.1. The fourth-order valence-electron chi connectivity index (χ4n) is 2.34. The molecule has 0 saturated heterocycles. The van der Waals surface area contributed by atoms with Crippen molar-refractivity contribution in [1.29, 1.82) is 0 Å². The summed E-state index contributed by atoms with van der Waals surface area (Å²) in [7, 11) is 0. The van der Waals surface area contributed by atoms with E-state index in [-0.39, 0.29) is 0 Å². The largest absolute Gasteiger partial charge is 0.307 e. The molecule has 0 aromatic carbocycles. The first kappa shape index (κ1) is 13.4. The second-order valence-corrected chi connectivity index (χ2v) is 5.47. The van der Waals surface area contributed by atoms with Crippen LogP contribution >= 0.6 is 11.5 Å². The summed E-state index contributed by atoms with van der Waals surface area (Å²) >= 11 is 1.38. The summed E-state index contributed by atoms with van der Waals surface area (Å²) in [6, 6.07) is 0.404. The molecule has 0 amide bonds. The zero-order valence-corrected chi connectivity index (χ0v) is 11.7. The minimum atomic E-state index is 0.404. The number of nitrogens with zero attached hydrogens (tertiary/aromatic N) is 3. The van der Waals surface area contributed by atoms with Crippen molar-refractivity contribution in [2.75, 3.05) is 0 Å². The Labute approximate surface area is 112 Å². The van der Waals surface area contributed by atoms with Crippen molar-refractivity contribution in [1.82, 2.24) is 15.0 Å². The Balaban J connectivity index is 2.15. The van der Waals surface area contributed by atoms with E-state index in [0.717, 1.165) is 29.2 Å². The standard InChI is InChI=1S/C12H21N5S/c1-2-6-10-11(18-17-16-10)12(15-13)14-9-7-4-3-5-8-9/h9H,2-8,13H2,1H3,(H,14,15). The van der Waals surface area contributed by atoms with Gasteiger partial charge in [-0.15, -0.1) is 5.10 Å². The van der Waals surface area contributed by atoms with Gasteiger partial charge in [-0.25, -0.2) is 5.84 Å². The third-order valence-electron chi connectivity index (χ3n) is 3.28. The summed E-state index contributed by atoms with van der Waals surface area (Å²) in [5.74, 6) is 6.38. The number of aryl methyl sites for hydroxylation is 1. The summed E-state index contributed by atoms with van der Waals surface area (Å²) in [5.41, 5.74) is 3.74. The first-order valence-corrected chi connectivity index (χ1v) is 7.48. The van der Waals surface area contributed by atoms with Crippen molar-refractivity contribution in [2.45, 2.75) is 57.9 Å². The normalized spacial score (nSPS) is 18.0. The number of rotatable bonds is 4. The molecule has 1 aliphatic carbocycles. The molecule has 1 aromatic rings.